The van der Waals surface area contributed by atoms with E-state index in [1.54, 1.807) is 24.7 Å². The molecule has 0 fully saturated rings. The summed E-state index contributed by atoms with van der Waals surface area (Å²) >= 11 is 3.36. The molecule has 0 unspecified atom stereocenters. The normalized spacial score (nSPS) is 10.6. The van der Waals surface area contributed by atoms with E-state index in [0.29, 0.717) is 17.9 Å². The standard InChI is InChI=1S/C15H17BrN2O2/c1-3-6-18-10-17-8-13(18)9-20-15-5-4-12(16)7-14(15)11(2)19/h4-5,7-8,10H,3,6,9H2,1-2H3. The number of Topliss-reactive ketones (excluding diaryl/α,β-unsaturated/α-hetero) is 1. The predicted molar refractivity (Wildman–Crippen MR) is 81.0 cm³/mol. The average molecular weight is 337 g/mol. The number of benzene rings is 1. The smallest absolute Gasteiger partial charge is 0.163 e. The van der Waals surface area contributed by atoms with Gasteiger partial charge in [-0.25, -0.2) is 4.98 Å². The first kappa shape index (κ1) is 14.8. The summed E-state index contributed by atoms with van der Waals surface area (Å²) in [6.07, 6.45) is 4.64. The molecule has 0 aliphatic carbocycles. The van der Waals surface area contributed by atoms with Gasteiger partial charge in [-0.05, 0) is 31.5 Å². The van der Waals surface area contributed by atoms with Crippen molar-refractivity contribution in [2.45, 2.75) is 33.4 Å². The maximum atomic E-state index is 11.6. The van der Waals surface area contributed by atoms with E-state index in [1.807, 2.05) is 6.07 Å². The van der Waals surface area contributed by atoms with Gasteiger partial charge in [0.1, 0.15) is 12.4 Å². The van der Waals surface area contributed by atoms with Crippen molar-refractivity contribution in [3.63, 3.8) is 0 Å². The second-order valence-corrected chi connectivity index (χ2v) is 5.48. The van der Waals surface area contributed by atoms with Crippen LogP contribution in [0.25, 0.3) is 0 Å². The van der Waals surface area contributed by atoms with E-state index in [1.165, 1.54) is 6.92 Å². The first-order chi connectivity index (χ1) is 9.61. The van der Waals surface area contributed by atoms with Crippen LogP contribution in [0.15, 0.2) is 35.2 Å². The lowest BCUT2D eigenvalue weighted by molar-refractivity contribution is 0.101. The highest BCUT2D eigenvalue weighted by atomic mass is 79.9. The van der Waals surface area contributed by atoms with Crippen molar-refractivity contribution in [2.24, 2.45) is 0 Å². The highest BCUT2D eigenvalue weighted by molar-refractivity contribution is 9.10. The summed E-state index contributed by atoms with van der Waals surface area (Å²) in [7, 11) is 0. The lowest BCUT2D eigenvalue weighted by atomic mass is 10.1. The molecule has 0 N–H and O–H groups in total. The fourth-order valence-corrected chi connectivity index (χ4v) is 2.33. The van der Waals surface area contributed by atoms with E-state index in [4.69, 9.17) is 4.74 Å². The van der Waals surface area contributed by atoms with E-state index < -0.39 is 0 Å². The summed E-state index contributed by atoms with van der Waals surface area (Å²) < 4.78 is 8.71. The fourth-order valence-electron chi connectivity index (χ4n) is 1.97. The quantitative estimate of drug-likeness (QED) is 0.753. The Kier molecular flexibility index (Phi) is 4.95. The van der Waals surface area contributed by atoms with Gasteiger partial charge >= 0.3 is 0 Å². The van der Waals surface area contributed by atoms with Crippen LogP contribution in [0.3, 0.4) is 0 Å². The van der Waals surface area contributed by atoms with Crippen molar-refractivity contribution < 1.29 is 9.53 Å². The predicted octanol–water partition coefficient (Wildman–Crippen LogP) is 3.84. The van der Waals surface area contributed by atoms with Gasteiger partial charge in [0, 0.05) is 11.0 Å². The maximum Gasteiger partial charge on any atom is 0.163 e. The largest absolute Gasteiger partial charge is 0.487 e. The number of hydrogen-bond donors (Lipinski definition) is 0. The molecular weight excluding hydrogens is 320 g/mol. The molecule has 20 heavy (non-hydrogen) atoms. The van der Waals surface area contributed by atoms with Crippen LogP contribution in [0.1, 0.15) is 36.3 Å². The molecule has 0 amide bonds. The van der Waals surface area contributed by atoms with Crippen molar-refractivity contribution in [1.29, 1.82) is 0 Å². The fraction of sp³-hybridized carbons (Fsp3) is 0.333. The summed E-state index contributed by atoms with van der Waals surface area (Å²) in [5.41, 5.74) is 1.59. The minimum absolute atomic E-state index is 0.0108. The van der Waals surface area contributed by atoms with Gasteiger partial charge in [0.05, 0.1) is 23.8 Å². The number of imidazole rings is 1. The lowest BCUT2D eigenvalue weighted by Gasteiger charge is -2.11. The van der Waals surface area contributed by atoms with Crippen LogP contribution in [-0.4, -0.2) is 15.3 Å². The molecule has 1 aromatic carbocycles. The van der Waals surface area contributed by atoms with Gasteiger partial charge in [0.25, 0.3) is 0 Å². The first-order valence-corrected chi connectivity index (χ1v) is 7.33. The number of rotatable bonds is 6. The minimum Gasteiger partial charge on any atom is -0.487 e. The van der Waals surface area contributed by atoms with Gasteiger partial charge in [0.2, 0.25) is 0 Å². The van der Waals surface area contributed by atoms with E-state index in [9.17, 15) is 4.79 Å². The van der Waals surface area contributed by atoms with Gasteiger partial charge in [-0.2, -0.15) is 0 Å². The van der Waals surface area contributed by atoms with Crippen molar-refractivity contribution in [2.75, 3.05) is 0 Å². The van der Waals surface area contributed by atoms with Crippen LogP contribution >= 0.6 is 15.9 Å². The molecule has 0 saturated heterocycles. The van der Waals surface area contributed by atoms with E-state index >= 15 is 0 Å². The van der Waals surface area contributed by atoms with E-state index in [0.717, 1.165) is 23.1 Å². The average Bonchev–Trinajstić information content (AvgIpc) is 2.85. The molecule has 0 saturated carbocycles. The third-order valence-electron chi connectivity index (χ3n) is 2.96. The van der Waals surface area contributed by atoms with Gasteiger partial charge < -0.3 is 9.30 Å². The Morgan fingerprint density at radius 2 is 2.25 bits per heavy atom. The van der Waals surface area contributed by atoms with Gasteiger partial charge in [-0.15, -0.1) is 0 Å². The molecule has 0 atom stereocenters. The van der Waals surface area contributed by atoms with Crippen LogP contribution in [0.4, 0.5) is 0 Å². The number of carbonyl (C=O) groups excluding carboxylic acids is 1. The zero-order valence-corrected chi connectivity index (χ0v) is 13.2. The molecule has 1 aromatic heterocycles. The zero-order chi connectivity index (χ0) is 14.5. The molecule has 0 radical (unpaired) electrons. The van der Waals surface area contributed by atoms with Crippen molar-refractivity contribution in [1.82, 2.24) is 9.55 Å². The molecule has 0 aliphatic heterocycles. The Bertz CT molecular complexity index is 608. The first-order valence-electron chi connectivity index (χ1n) is 6.54. The van der Waals surface area contributed by atoms with E-state index in [2.05, 4.69) is 32.4 Å². The number of halogens is 1. The summed E-state index contributed by atoms with van der Waals surface area (Å²) in [5, 5.41) is 0. The number of nitrogens with zero attached hydrogens (tertiary/aromatic N) is 2. The van der Waals surface area contributed by atoms with Crippen LogP contribution in [0, 0.1) is 0 Å². The summed E-state index contributed by atoms with van der Waals surface area (Å²) in [4.78, 5) is 15.8. The number of carbonyl (C=O) groups is 1. The maximum absolute atomic E-state index is 11.6. The Labute approximate surface area is 126 Å². The van der Waals surface area contributed by atoms with Crippen LogP contribution in [0.2, 0.25) is 0 Å². The minimum atomic E-state index is -0.0108. The molecule has 1 heterocycles. The summed E-state index contributed by atoms with van der Waals surface area (Å²) in [6, 6.07) is 5.45. The molecule has 106 valence electrons. The molecule has 0 aliphatic rings. The van der Waals surface area contributed by atoms with Gasteiger partial charge in [-0.3, -0.25) is 4.79 Å². The second kappa shape index (κ2) is 6.70. The van der Waals surface area contributed by atoms with Crippen molar-refractivity contribution in [3.8, 4) is 5.75 Å². The second-order valence-electron chi connectivity index (χ2n) is 4.56. The SMILES string of the molecule is CCCn1cncc1COc1ccc(Br)cc1C(C)=O. The third kappa shape index (κ3) is 3.48. The Hall–Kier alpha value is -1.62. The van der Waals surface area contributed by atoms with Crippen molar-refractivity contribution in [3.05, 3.63) is 46.5 Å². The number of hydrogen-bond acceptors (Lipinski definition) is 3. The molecule has 2 aromatic rings. The van der Waals surface area contributed by atoms with Crippen LogP contribution < -0.4 is 4.74 Å². The number of aromatic nitrogens is 2. The molecule has 0 spiro atoms. The van der Waals surface area contributed by atoms with Gasteiger partial charge in [0.15, 0.2) is 5.78 Å². The van der Waals surface area contributed by atoms with Crippen molar-refractivity contribution >= 4 is 21.7 Å². The molecule has 2 rings (SSSR count). The topological polar surface area (TPSA) is 44.1 Å². The summed E-state index contributed by atoms with van der Waals surface area (Å²) in [6.45, 7) is 4.98. The number of aryl methyl sites for hydroxylation is 1. The highest BCUT2D eigenvalue weighted by Gasteiger charge is 2.10. The van der Waals surface area contributed by atoms with Crippen LogP contribution in [-0.2, 0) is 13.2 Å². The number of ether oxygens (including phenoxy) is 1. The molecule has 0 bridgehead atoms. The molecule has 4 nitrogen and oxygen atoms in total. The molecule has 5 heteroatoms. The summed E-state index contributed by atoms with van der Waals surface area (Å²) in [5.74, 6) is 0.591. The molecular formula is C15H17BrN2O2. The van der Waals surface area contributed by atoms with Gasteiger partial charge in [-0.1, -0.05) is 22.9 Å². The van der Waals surface area contributed by atoms with Crippen LogP contribution in [0.5, 0.6) is 5.75 Å². The third-order valence-corrected chi connectivity index (χ3v) is 3.45. The monoisotopic (exact) mass is 336 g/mol. The Morgan fingerprint density at radius 1 is 1.45 bits per heavy atom. The van der Waals surface area contributed by atoms with E-state index in [-0.39, 0.29) is 5.78 Å². The number of ketones is 1. The lowest BCUT2D eigenvalue weighted by Crippen LogP contribution is -2.07. The Balaban J connectivity index is 2.14. The zero-order valence-electron chi connectivity index (χ0n) is 11.6. The Morgan fingerprint density at radius 3 is 2.95 bits per heavy atom. The highest BCUT2D eigenvalue weighted by Crippen LogP contribution is 2.24.